The Balaban J connectivity index is 0.00000208. The lowest BCUT2D eigenvalue weighted by atomic mass is 10.0. The highest BCUT2D eigenvalue weighted by molar-refractivity contribution is 6.31. The van der Waals surface area contributed by atoms with Gasteiger partial charge in [-0.05, 0) is 57.2 Å². The number of carbonyl (C=O) groups is 1. The summed E-state index contributed by atoms with van der Waals surface area (Å²) in [7, 11) is 0. The van der Waals surface area contributed by atoms with Gasteiger partial charge in [0.15, 0.2) is 6.61 Å². The maximum Gasteiger partial charge on any atom is 0.260 e. The number of hydrogen-bond acceptors (Lipinski definition) is 3. The molecule has 0 aromatic heterocycles. The van der Waals surface area contributed by atoms with Gasteiger partial charge in [0.25, 0.3) is 5.91 Å². The van der Waals surface area contributed by atoms with Crippen LogP contribution >= 0.6 is 24.0 Å². The van der Waals surface area contributed by atoms with Crippen molar-refractivity contribution in [2.24, 2.45) is 5.92 Å². The summed E-state index contributed by atoms with van der Waals surface area (Å²) in [4.78, 5) is 14.2. The third kappa shape index (κ3) is 5.27. The number of nitrogens with one attached hydrogen (secondary N) is 1. The normalized spacial score (nSPS) is 18.2. The Hall–Kier alpha value is -0.970. The Morgan fingerprint density at radius 2 is 2.00 bits per heavy atom. The number of benzene rings is 1. The maximum absolute atomic E-state index is 12.3. The van der Waals surface area contributed by atoms with Crippen molar-refractivity contribution in [3.8, 4) is 5.75 Å². The SMILES string of the molecule is Cc1c(Cl)cccc1OCC(=O)N1CCC(NCC2CC2)CC1.Cl. The van der Waals surface area contributed by atoms with Crippen molar-refractivity contribution in [3.05, 3.63) is 28.8 Å². The molecule has 1 heterocycles. The lowest BCUT2D eigenvalue weighted by Crippen LogP contribution is -2.46. The van der Waals surface area contributed by atoms with E-state index < -0.39 is 0 Å². The minimum atomic E-state index is 0. The van der Waals surface area contributed by atoms with E-state index in [1.165, 1.54) is 12.8 Å². The molecule has 2 fully saturated rings. The fourth-order valence-corrected chi connectivity index (χ4v) is 3.13. The number of carbonyl (C=O) groups excluding carboxylic acids is 1. The predicted molar refractivity (Wildman–Crippen MR) is 99.3 cm³/mol. The third-order valence-electron chi connectivity index (χ3n) is 4.81. The van der Waals surface area contributed by atoms with Crippen molar-refractivity contribution in [2.45, 2.75) is 38.6 Å². The number of piperidine rings is 1. The van der Waals surface area contributed by atoms with Gasteiger partial charge in [-0.3, -0.25) is 4.79 Å². The van der Waals surface area contributed by atoms with E-state index in [0.717, 1.165) is 44.0 Å². The first kappa shape index (κ1) is 19.4. The van der Waals surface area contributed by atoms with Crippen molar-refractivity contribution < 1.29 is 9.53 Å². The van der Waals surface area contributed by atoms with Crippen LogP contribution in [-0.2, 0) is 4.79 Å². The van der Waals surface area contributed by atoms with Crippen LogP contribution in [0.5, 0.6) is 5.75 Å². The van der Waals surface area contributed by atoms with E-state index in [9.17, 15) is 4.79 Å². The lowest BCUT2D eigenvalue weighted by molar-refractivity contribution is -0.134. The molecule has 134 valence electrons. The number of ether oxygens (including phenoxy) is 1. The van der Waals surface area contributed by atoms with E-state index in [0.29, 0.717) is 16.8 Å². The molecule has 3 rings (SSSR count). The average Bonchev–Trinajstić information content (AvgIpc) is 3.39. The molecule has 1 aromatic carbocycles. The van der Waals surface area contributed by atoms with Gasteiger partial charge in [-0.1, -0.05) is 17.7 Å². The van der Waals surface area contributed by atoms with E-state index >= 15 is 0 Å². The largest absolute Gasteiger partial charge is 0.483 e. The minimum absolute atomic E-state index is 0. The molecule has 4 nitrogen and oxygen atoms in total. The molecule has 0 atom stereocenters. The van der Waals surface area contributed by atoms with Crippen molar-refractivity contribution >= 4 is 29.9 Å². The van der Waals surface area contributed by atoms with Crippen molar-refractivity contribution in [1.82, 2.24) is 10.2 Å². The van der Waals surface area contributed by atoms with E-state index in [1.54, 1.807) is 0 Å². The number of amides is 1. The fourth-order valence-electron chi connectivity index (χ4n) is 2.96. The molecule has 2 aliphatic rings. The zero-order chi connectivity index (χ0) is 16.2. The molecule has 1 aliphatic carbocycles. The molecule has 1 amide bonds. The third-order valence-corrected chi connectivity index (χ3v) is 5.22. The second kappa shape index (κ2) is 8.93. The summed E-state index contributed by atoms with van der Waals surface area (Å²) in [5.74, 6) is 1.65. The zero-order valence-electron chi connectivity index (χ0n) is 14.1. The van der Waals surface area contributed by atoms with Crippen LogP contribution in [-0.4, -0.2) is 43.1 Å². The summed E-state index contributed by atoms with van der Waals surface area (Å²) >= 11 is 6.07. The fraction of sp³-hybridized carbons (Fsp3) is 0.611. The van der Waals surface area contributed by atoms with Gasteiger partial charge in [0.05, 0.1) is 0 Å². The van der Waals surface area contributed by atoms with Crippen LogP contribution in [0.15, 0.2) is 18.2 Å². The Labute approximate surface area is 155 Å². The summed E-state index contributed by atoms with van der Waals surface area (Å²) in [5, 5.41) is 4.30. The van der Waals surface area contributed by atoms with E-state index in [1.807, 2.05) is 30.0 Å². The van der Waals surface area contributed by atoms with Crippen molar-refractivity contribution in [2.75, 3.05) is 26.2 Å². The predicted octanol–water partition coefficient (Wildman–Crippen LogP) is 3.44. The van der Waals surface area contributed by atoms with Crippen LogP contribution in [0.3, 0.4) is 0 Å². The van der Waals surface area contributed by atoms with Gasteiger partial charge in [-0.2, -0.15) is 0 Å². The molecular weight excluding hydrogens is 347 g/mol. The van der Waals surface area contributed by atoms with Crippen LogP contribution in [0.4, 0.5) is 0 Å². The Morgan fingerprint density at radius 3 is 2.67 bits per heavy atom. The molecule has 6 heteroatoms. The number of hydrogen-bond donors (Lipinski definition) is 1. The van der Waals surface area contributed by atoms with E-state index in [-0.39, 0.29) is 24.9 Å². The summed E-state index contributed by atoms with van der Waals surface area (Å²) in [6.07, 6.45) is 4.83. The van der Waals surface area contributed by atoms with Crippen molar-refractivity contribution in [1.29, 1.82) is 0 Å². The molecule has 1 aliphatic heterocycles. The van der Waals surface area contributed by atoms with Crippen LogP contribution in [0.1, 0.15) is 31.2 Å². The Bertz CT molecular complexity index is 556. The molecule has 1 saturated carbocycles. The second-order valence-corrected chi connectivity index (χ2v) is 7.07. The Kier molecular flexibility index (Phi) is 7.20. The maximum atomic E-state index is 12.3. The van der Waals surface area contributed by atoms with Gasteiger partial charge < -0.3 is 15.0 Å². The quantitative estimate of drug-likeness (QED) is 0.831. The number of likely N-dealkylation sites (tertiary alicyclic amines) is 1. The lowest BCUT2D eigenvalue weighted by Gasteiger charge is -2.32. The molecule has 0 spiro atoms. The van der Waals surface area contributed by atoms with Gasteiger partial charge in [0.1, 0.15) is 5.75 Å². The molecule has 24 heavy (non-hydrogen) atoms. The van der Waals surface area contributed by atoms with Crippen molar-refractivity contribution in [3.63, 3.8) is 0 Å². The zero-order valence-corrected chi connectivity index (χ0v) is 15.7. The van der Waals surface area contributed by atoms with Crippen LogP contribution in [0, 0.1) is 12.8 Å². The number of nitrogens with zero attached hydrogens (tertiary/aromatic N) is 1. The molecule has 0 unspecified atom stereocenters. The van der Waals surface area contributed by atoms with Gasteiger partial charge in [0.2, 0.25) is 0 Å². The highest BCUT2D eigenvalue weighted by Gasteiger charge is 2.26. The van der Waals surface area contributed by atoms with Gasteiger partial charge >= 0.3 is 0 Å². The summed E-state index contributed by atoms with van der Waals surface area (Å²) < 4.78 is 5.66. The molecule has 0 radical (unpaired) electrons. The highest BCUT2D eigenvalue weighted by atomic mass is 35.5. The number of rotatable bonds is 6. The van der Waals surface area contributed by atoms with Crippen LogP contribution in [0.25, 0.3) is 0 Å². The molecule has 0 bridgehead atoms. The van der Waals surface area contributed by atoms with Gasteiger partial charge in [-0.25, -0.2) is 0 Å². The topological polar surface area (TPSA) is 41.6 Å². The first-order valence-electron chi connectivity index (χ1n) is 8.52. The van der Waals surface area contributed by atoms with Crippen LogP contribution in [0.2, 0.25) is 5.02 Å². The average molecular weight is 373 g/mol. The molecular formula is C18H26Cl2N2O2. The van der Waals surface area contributed by atoms with Gasteiger partial charge in [-0.15, -0.1) is 12.4 Å². The summed E-state index contributed by atoms with van der Waals surface area (Å²) in [6.45, 7) is 4.77. The second-order valence-electron chi connectivity index (χ2n) is 6.66. The van der Waals surface area contributed by atoms with E-state index in [4.69, 9.17) is 16.3 Å². The number of halogens is 2. The Morgan fingerprint density at radius 1 is 1.29 bits per heavy atom. The van der Waals surface area contributed by atoms with E-state index in [2.05, 4.69) is 5.32 Å². The standard InChI is InChI=1S/C18H25ClN2O2.ClH/c1-13-16(19)3-2-4-17(13)23-12-18(22)21-9-7-15(8-10-21)20-11-14-5-6-14;/h2-4,14-15,20H,5-12H2,1H3;1H. The smallest absolute Gasteiger partial charge is 0.260 e. The van der Waals surface area contributed by atoms with Gasteiger partial charge in [0, 0.05) is 29.7 Å². The molecule has 1 N–H and O–H groups in total. The summed E-state index contributed by atoms with van der Waals surface area (Å²) in [6, 6.07) is 6.08. The first-order chi connectivity index (χ1) is 11.1. The highest BCUT2D eigenvalue weighted by Crippen LogP contribution is 2.28. The first-order valence-corrected chi connectivity index (χ1v) is 8.90. The molecule has 1 saturated heterocycles. The summed E-state index contributed by atoms with van der Waals surface area (Å²) in [5.41, 5.74) is 0.880. The molecule has 1 aromatic rings. The van der Waals surface area contributed by atoms with Crippen LogP contribution < -0.4 is 10.1 Å². The minimum Gasteiger partial charge on any atom is -0.483 e. The monoisotopic (exact) mass is 372 g/mol.